The second-order valence-electron chi connectivity index (χ2n) is 6.72. The van der Waals surface area contributed by atoms with E-state index >= 15 is 0 Å². The summed E-state index contributed by atoms with van der Waals surface area (Å²) in [5.41, 5.74) is 3.25. The van der Waals surface area contributed by atoms with E-state index in [9.17, 15) is 13.2 Å². The molecule has 0 aliphatic carbocycles. The van der Waals surface area contributed by atoms with Crippen molar-refractivity contribution in [2.24, 2.45) is 0 Å². The van der Waals surface area contributed by atoms with Crippen LogP contribution >= 0.6 is 15.9 Å². The Morgan fingerprint density at radius 3 is 2.17 bits per heavy atom. The molecule has 0 saturated carbocycles. The summed E-state index contributed by atoms with van der Waals surface area (Å²) in [7, 11) is -3.72. The van der Waals surface area contributed by atoms with E-state index in [1.807, 2.05) is 32.0 Å². The number of benzene rings is 3. The van der Waals surface area contributed by atoms with E-state index < -0.39 is 10.0 Å². The Labute approximate surface area is 184 Å². The number of aryl methyl sites for hydroxylation is 2. The van der Waals surface area contributed by atoms with Gasteiger partial charge in [-0.05, 0) is 85.6 Å². The monoisotopic (exact) mass is 488 g/mol. The van der Waals surface area contributed by atoms with E-state index in [1.54, 1.807) is 24.3 Å². The van der Waals surface area contributed by atoms with E-state index in [2.05, 4.69) is 26.0 Å². The average molecular weight is 489 g/mol. The Morgan fingerprint density at radius 2 is 1.53 bits per heavy atom. The Balaban J connectivity index is 1.58. The van der Waals surface area contributed by atoms with Crippen molar-refractivity contribution in [2.75, 3.05) is 16.6 Å². The van der Waals surface area contributed by atoms with Crippen molar-refractivity contribution in [1.82, 2.24) is 0 Å². The standard InChI is InChI=1S/C22H21BrN2O4S/c1-15-3-6-19(13-16(15)2)25-30(27,28)21-11-9-20(10-12-21)29-14-22(26)24-18-7-4-17(23)5-8-18/h3-13,25H,14H2,1-2H3,(H,24,26). The summed E-state index contributed by atoms with van der Waals surface area (Å²) in [6.07, 6.45) is 0. The number of amides is 1. The van der Waals surface area contributed by atoms with Gasteiger partial charge in [-0.25, -0.2) is 8.42 Å². The minimum absolute atomic E-state index is 0.104. The first-order chi connectivity index (χ1) is 14.2. The fraction of sp³-hybridized carbons (Fsp3) is 0.136. The van der Waals surface area contributed by atoms with Crippen molar-refractivity contribution < 1.29 is 17.9 Å². The molecule has 3 aromatic carbocycles. The van der Waals surface area contributed by atoms with Gasteiger partial charge in [0.25, 0.3) is 15.9 Å². The van der Waals surface area contributed by atoms with Crippen LogP contribution in [0.4, 0.5) is 11.4 Å². The number of rotatable bonds is 7. The molecular weight excluding hydrogens is 468 g/mol. The van der Waals surface area contributed by atoms with Crippen LogP contribution in [0.15, 0.2) is 76.1 Å². The number of carbonyl (C=O) groups is 1. The zero-order chi connectivity index (χ0) is 21.7. The highest BCUT2D eigenvalue weighted by Gasteiger charge is 2.15. The van der Waals surface area contributed by atoms with Gasteiger partial charge in [-0.3, -0.25) is 9.52 Å². The van der Waals surface area contributed by atoms with Gasteiger partial charge in [0, 0.05) is 15.8 Å². The number of sulfonamides is 1. The van der Waals surface area contributed by atoms with Gasteiger partial charge in [-0.1, -0.05) is 22.0 Å². The summed E-state index contributed by atoms with van der Waals surface area (Å²) >= 11 is 3.33. The number of carbonyl (C=O) groups excluding carboxylic acids is 1. The van der Waals surface area contributed by atoms with Crippen molar-refractivity contribution in [3.8, 4) is 5.75 Å². The van der Waals surface area contributed by atoms with E-state index in [-0.39, 0.29) is 17.4 Å². The number of hydrogen-bond acceptors (Lipinski definition) is 4. The van der Waals surface area contributed by atoms with Gasteiger partial charge in [0.05, 0.1) is 4.90 Å². The molecule has 3 aromatic rings. The smallest absolute Gasteiger partial charge is 0.262 e. The lowest BCUT2D eigenvalue weighted by atomic mass is 10.1. The second-order valence-corrected chi connectivity index (χ2v) is 9.32. The van der Waals surface area contributed by atoms with Gasteiger partial charge < -0.3 is 10.1 Å². The SMILES string of the molecule is Cc1ccc(NS(=O)(=O)c2ccc(OCC(=O)Nc3ccc(Br)cc3)cc2)cc1C. The van der Waals surface area contributed by atoms with Crippen LogP contribution < -0.4 is 14.8 Å². The van der Waals surface area contributed by atoms with Gasteiger partial charge in [-0.15, -0.1) is 0 Å². The van der Waals surface area contributed by atoms with Crippen LogP contribution in [0.1, 0.15) is 11.1 Å². The molecule has 0 radical (unpaired) electrons. The Kier molecular flexibility index (Phi) is 6.79. The molecule has 0 aliphatic heterocycles. The first-order valence-electron chi connectivity index (χ1n) is 9.11. The maximum atomic E-state index is 12.6. The molecule has 0 atom stereocenters. The molecule has 8 heteroatoms. The molecule has 6 nitrogen and oxygen atoms in total. The summed E-state index contributed by atoms with van der Waals surface area (Å²) < 4.78 is 34.1. The second kappa shape index (κ2) is 9.32. The molecule has 0 bridgehead atoms. The largest absolute Gasteiger partial charge is 0.484 e. The van der Waals surface area contributed by atoms with Crippen molar-refractivity contribution >= 4 is 43.2 Å². The van der Waals surface area contributed by atoms with Crippen LogP contribution in [-0.2, 0) is 14.8 Å². The molecule has 30 heavy (non-hydrogen) atoms. The van der Waals surface area contributed by atoms with Crippen LogP contribution in [0.5, 0.6) is 5.75 Å². The van der Waals surface area contributed by atoms with Crippen LogP contribution in [0.3, 0.4) is 0 Å². The van der Waals surface area contributed by atoms with Gasteiger partial charge in [0.2, 0.25) is 0 Å². The van der Waals surface area contributed by atoms with Crippen molar-refractivity contribution in [3.63, 3.8) is 0 Å². The molecule has 0 spiro atoms. The highest BCUT2D eigenvalue weighted by molar-refractivity contribution is 9.10. The molecule has 0 fully saturated rings. The van der Waals surface area contributed by atoms with E-state index in [1.165, 1.54) is 24.3 Å². The summed E-state index contributed by atoms with van der Waals surface area (Å²) in [6.45, 7) is 3.70. The molecule has 3 rings (SSSR count). The van der Waals surface area contributed by atoms with Gasteiger partial charge >= 0.3 is 0 Å². The molecule has 1 amide bonds. The zero-order valence-corrected chi connectivity index (χ0v) is 18.9. The highest BCUT2D eigenvalue weighted by Crippen LogP contribution is 2.21. The molecule has 156 valence electrons. The zero-order valence-electron chi connectivity index (χ0n) is 16.5. The fourth-order valence-corrected chi connectivity index (χ4v) is 3.93. The Hall–Kier alpha value is -2.84. The van der Waals surface area contributed by atoms with Crippen molar-refractivity contribution in [2.45, 2.75) is 18.7 Å². The lowest BCUT2D eigenvalue weighted by molar-refractivity contribution is -0.118. The summed E-state index contributed by atoms with van der Waals surface area (Å²) in [5, 5.41) is 2.72. The van der Waals surface area contributed by atoms with Crippen LogP contribution in [-0.4, -0.2) is 20.9 Å². The van der Waals surface area contributed by atoms with Crippen LogP contribution in [0.2, 0.25) is 0 Å². The Morgan fingerprint density at radius 1 is 0.900 bits per heavy atom. The fourth-order valence-electron chi connectivity index (χ4n) is 2.61. The first kappa shape index (κ1) is 21.9. The van der Waals surface area contributed by atoms with E-state index in [0.29, 0.717) is 17.1 Å². The number of halogens is 1. The van der Waals surface area contributed by atoms with E-state index in [4.69, 9.17) is 4.74 Å². The van der Waals surface area contributed by atoms with Gasteiger partial charge in [-0.2, -0.15) is 0 Å². The quantitative estimate of drug-likeness (QED) is 0.495. The third kappa shape index (κ3) is 5.84. The van der Waals surface area contributed by atoms with Crippen LogP contribution in [0, 0.1) is 13.8 Å². The number of nitrogens with one attached hydrogen (secondary N) is 2. The minimum Gasteiger partial charge on any atom is -0.484 e. The summed E-state index contributed by atoms with van der Waals surface area (Å²) in [6, 6.07) is 18.5. The van der Waals surface area contributed by atoms with E-state index in [0.717, 1.165) is 15.6 Å². The minimum atomic E-state index is -3.72. The predicted molar refractivity (Wildman–Crippen MR) is 121 cm³/mol. The lowest BCUT2D eigenvalue weighted by Gasteiger charge is -2.11. The third-order valence-electron chi connectivity index (χ3n) is 4.39. The van der Waals surface area contributed by atoms with Gasteiger partial charge in [0.15, 0.2) is 6.61 Å². The van der Waals surface area contributed by atoms with Crippen molar-refractivity contribution in [1.29, 1.82) is 0 Å². The lowest BCUT2D eigenvalue weighted by Crippen LogP contribution is -2.20. The number of anilines is 2. The maximum Gasteiger partial charge on any atom is 0.262 e. The molecule has 0 saturated heterocycles. The molecule has 2 N–H and O–H groups in total. The average Bonchev–Trinajstić information content (AvgIpc) is 2.71. The van der Waals surface area contributed by atoms with Crippen molar-refractivity contribution in [3.05, 3.63) is 82.3 Å². The highest BCUT2D eigenvalue weighted by atomic mass is 79.9. The van der Waals surface area contributed by atoms with Gasteiger partial charge in [0.1, 0.15) is 5.75 Å². The Bertz CT molecular complexity index is 1140. The molecule has 0 heterocycles. The summed E-state index contributed by atoms with van der Waals surface area (Å²) in [4.78, 5) is 12.1. The first-order valence-corrected chi connectivity index (χ1v) is 11.4. The number of ether oxygens (including phenoxy) is 1. The molecule has 0 aromatic heterocycles. The number of hydrogen-bond donors (Lipinski definition) is 2. The molecule has 0 aliphatic rings. The molecule has 0 unspecified atom stereocenters. The maximum absolute atomic E-state index is 12.6. The normalized spacial score (nSPS) is 11.0. The molecular formula is C22H21BrN2O4S. The third-order valence-corrected chi connectivity index (χ3v) is 6.32. The van der Waals surface area contributed by atoms with Crippen LogP contribution in [0.25, 0.3) is 0 Å². The predicted octanol–water partition coefficient (Wildman–Crippen LogP) is 4.88. The topological polar surface area (TPSA) is 84.5 Å². The summed E-state index contributed by atoms with van der Waals surface area (Å²) in [5.74, 6) is 0.0801.